The Labute approximate surface area is 127 Å². The van der Waals surface area contributed by atoms with Gasteiger partial charge in [0.1, 0.15) is 0 Å². The van der Waals surface area contributed by atoms with E-state index in [9.17, 15) is 0 Å². The molecule has 0 spiro atoms. The minimum atomic E-state index is 0.723. The second kappa shape index (κ2) is 6.67. The van der Waals surface area contributed by atoms with Crippen LogP contribution in [0.5, 0.6) is 11.5 Å². The fraction of sp³-hybridized carbons (Fsp3) is 0.647. The van der Waals surface area contributed by atoms with Crippen molar-refractivity contribution in [2.75, 3.05) is 33.9 Å². The first-order chi connectivity index (χ1) is 10.3. The molecule has 4 nitrogen and oxygen atoms in total. The van der Waals surface area contributed by atoms with Crippen LogP contribution in [0.1, 0.15) is 30.4 Å². The number of hydrogen-bond acceptors (Lipinski definition) is 4. The van der Waals surface area contributed by atoms with E-state index < -0.39 is 0 Å². The third-order valence-corrected chi connectivity index (χ3v) is 4.81. The molecule has 1 aromatic rings. The van der Waals surface area contributed by atoms with Crippen molar-refractivity contribution in [3.63, 3.8) is 0 Å². The molecule has 0 aliphatic carbocycles. The fourth-order valence-corrected chi connectivity index (χ4v) is 3.58. The van der Waals surface area contributed by atoms with Gasteiger partial charge in [0.2, 0.25) is 0 Å². The average molecular weight is 290 g/mol. The van der Waals surface area contributed by atoms with Gasteiger partial charge in [-0.3, -0.25) is 4.90 Å². The van der Waals surface area contributed by atoms with Crippen molar-refractivity contribution < 1.29 is 9.47 Å². The second-order valence-corrected chi connectivity index (χ2v) is 6.03. The molecule has 2 aliphatic heterocycles. The number of hydrogen-bond donors (Lipinski definition) is 1. The highest BCUT2D eigenvalue weighted by Crippen LogP contribution is 2.34. The summed E-state index contributed by atoms with van der Waals surface area (Å²) in [6.07, 6.45) is 4.98. The number of benzene rings is 1. The Morgan fingerprint density at radius 1 is 1.05 bits per heavy atom. The predicted molar refractivity (Wildman–Crippen MR) is 84.2 cm³/mol. The summed E-state index contributed by atoms with van der Waals surface area (Å²) in [6, 6.07) is 5.04. The summed E-state index contributed by atoms with van der Waals surface area (Å²) >= 11 is 0. The summed E-state index contributed by atoms with van der Waals surface area (Å²) in [5, 5.41) is 3.51. The Bertz CT molecular complexity index is 482. The van der Waals surface area contributed by atoms with Gasteiger partial charge in [-0.05, 0) is 62.0 Å². The third-order valence-electron chi connectivity index (χ3n) is 4.81. The normalized spacial score (nSPS) is 23.2. The Kier molecular flexibility index (Phi) is 4.66. The summed E-state index contributed by atoms with van der Waals surface area (Å²) < 4.78 is 10.9. The van der Waals surface area contributed by atoms with Crippen molar-refractivity contribution >= 4 is 0 Å². The first kappa shape index (κ1) is 14.7. The van der Waals surface area contributed by atoms with Crippen molar-refractivity contribution in [1.29, 1.82) is 0 Å². The van der Waals surface area contributed by atoms with Crippen molar-refractivity contribution in [2.24, 2.45) is 0 Å². The summed E-state index contributed by atoms with van der Waals surface area (Å²) in [6.45, 7) is 4.53. The van der Waals surface area contributed by atoms with Crippen LogP contribution in [0.4, 0.5) is 0 Å². The van der Waals surface area contributed by atoms with E-state index in [2.05, 4.69) is 22.3 Å². The molecule has 1 aromatic carbocycles. The maximum atomic E-state index is 5.45. The molecule has 0 radical (unpaired) electrons. The molecular weight excluding hydrogens is 264 g/mol. The Balaban J connectivity index is 1.77. The summed E-state index contributed by atoms with van der Waals surface area (Å²) in [5.41, 5.74) is 2.81. The lowest BCUT2D eigenvalue weighted by Gasteiger charge is -2.35. The lowest BCUT2D eigenvalue weighted by Crippen LogP contribution is -2.39. The van der Waals surface area contributed by atoms with Crippen LogP contribution in [0.2, 0.25) is 0 Å². The van der Waals surface area contributed by atoms with Gasteiger partial charge in [0.05, 0.1) is 14.2 Å². The Hall–Kier alpha value is -1.26. The lowest BCUT2D eigenvalue weighted by molar-refractivity contribution is 0.164. The zero-order valence-corrected chi connectivity index (χ0v) is 13.2. The van der Waals surface area contributed by atoms with Crippen LogP contribution in [-0.4, -0.2) is 44.8 Å². The molecule has 0 amide bonds. The predicted octanol–water partition coefficient (Wildman–Crippen LogP) is 2.20. The molecule has 2 heterocycles. The molecule has 1 N–H and O–H groups in total. The number of nitrogens with zero attached hydrogens (tertiary/aromatic N) is 1. The van der Waals surface area contributed by atoms with Crippen molar-refractivity contribution in [3.8, 4) is 11.5 Å². The second-order valence-electron chi connectivity index (χ2n) is 6.03. The molecule has 2 aliphatic rings. The zero-order chi connectivity index (χ0) is 14.7. The number of ether oxygens (including phenoxy) is 2. The molecule has 1 atom stereocenters. The molecule has 4 heteroatoms. The maximum Gasteiger partial charge on any atom is 0.161 e. The molecule has 116 valence electrons. The van der Waals surface area contributed by atoms with Gasteiger partial charge >= 0.3 is 0 Å². The molecule has 0 saturated carbocycles. The van der Waals surface area contributed by atoms with Gasteiger partial charge < -0.3 is 14.8 Å². The van der Waals surface area contributed by atoms with E-state index in [0.717, 1.165) is 43.6 Å². The van der Waals surface area contributed by atoms with E-state index in [1.54, 1.807) is 14.2 Å². The van der Waals surface area contributed by atoms with Gasteiger partial charge in [-0.2, -0.15) is 0 Å². The van der Waals surface area contributed by atoms with Crippen LogP contribution < -0.4 is 14.8 Å². The van der Waals surface area contributed by atoms with Gasteiger partial charge in [-0.1, -0.05) is 0 Å². The maximum absolute atomic E-state index is 5.45. The Morgan fingerprint density at radius 2 is 1.81 bits per heavy atom. The minimum absolute atomic E-state index is 0.723. The van der Waals surface area contributed by atoms with E-state index >= 15 is 0 Å². The van der Waals surface area contributed by atoms with Crippen molar-refractivity contribution in [2.45, 2.75) is 38.3 Å². The van der Waals surface area contributed by atoms with E-state index in [1.165, 1.54) is 36.9 Å². The van der Waals surface area contributed by atoms with Crippen LogP contribution in [0.3, 0.4) is 0 Å². The van der Waals surface area contributed by atoms with Crippen LogP contribution in [0, 0.1) is 0 Å². The van der Waals surface area contributed by atoms with Gasteiger partial charge in [0, 0.05) is 19.1 Å². The number of nitrogens with one attached hydrogen (secondary N) is 1. The van der Waals surface area contributed by atoms with Crippen LogP contribution >= 0.6 is 0 Å². The Morgan fingerprint density at radius 3 is 2.57 bits per heavy atom. The molecule has 0 bridgehead atoms. The third kappa shape index (κ3) is 3.16. The van der Waals surface area contributed by atoms with Gasteiger partial charge in [-0.25, -0.2) is 0 Å². The fourth-order valence-electron chi connectivity index (χ4n) is 3.58. The van der Waals surface area contributed by atoms with Crippen LogP contribution in [0.25, 0.3) is 0 Å². The standard InChI is InChI=1S/C17H26N2O2/c1-20-16-10-13-6-9-19(12-14(13)11-17(16)21-2)15-4-3-7-18-8-5-15/h10-11,15,18H,3-9,12H2,1-2H3. The first-order valence-corrected chi connectivity index (χ1v) is 8.00. The molecule has 3 rings (SSSR count). The van der Waals surface area contributed by atoms with Crippen LogP contribution in [-0.2, 0) is 13.0 Å². The SMILES string of the molecule is COc1cc2c(cc1OC)CN(C1CCCNCC1)CC2. The summed E-state index contributed by atoms with van der Waals surface area (Å²) in [7, 11) is 3.42. The van der Waals surface area contributed by atoms with E-state index in [-0.39, 0.29) is 0 Å². The molecular formula is C17H26N2O2. The monoisotopic (exact) mass is 290 g/mol. The minimum Gasteiger partial charge on any atom is -0.493 e. The van der Waals surface area contributed by atoms with E-state index in [4.69, 9.17) is 9.47 Å². The molecule has 0 aromatic heterocycles. The highest BCUT2D eigenvalue weighted by Gasteiger charge is 2.25. The average Bonchev–Trinajstić information content (AvgIpc) is 2.82. The van der Waals surface area contributed by atoms with Gasteiger partial charge in [-0.15, -0.1) is 0 Å². The quantitative estimate of drug-likeness (QED) is 0.925. The molecule has 1 saturated heterocycles. The highest BCUT2D eigenvalue weighted by atomic mass is 16.5. The number of methoxy groups -OCH3 is 2. The van der Waals surface area contributed by atoms with Crippen molar-refractivity contribution in [3.05, 3.63) is 23.3 Å². The highest BCUT2D eigenvalue weighted by molar-refractivity contribution is 5.48. The smallest absolute Gasteiger partial charge is 0.161 e. The summed E-state index contributed by atoms with van der Waals surface area (Å²) in [4.78, 5) is 2.65. The van der Waals surface area contributed by atoms with Gasteiger partial charge in [0.15, 0.2) is 11.5 Å². The number of rotatable bonds is 3. The van der Waals surface area contributed by atoms with E-state index in [0.29, 0.717) is 0 Å². The van der Waals surface area contributed by atoms with Crippen molar-refractivity contribution in [1.82, 2.24) is 10.2 Å². The van der Waals surface area contributed by atoms with Crippen LogP contribution in [0.15, 0.2) is 12.1 Å². The zero-order valence-electron chi connectivity index (χ0n) is 13.2. The lowest BCUT2D eigenvalue weighted by atomic mass is 9.96. The van der Waals surface area contributed by atoms with E-state index in [1.807, 2.05) is 0 Å². The first-order valence-electron chi connectivity index (χ1n) is 8.00. The van der Waals surface area contributed by atoms with Gasteiger partial charge in [0.25, 0.3) is 0 Å². The molecule has 1 fully saturated rings. The largest absolute Gasteiger partial charge is 0.493 e. The topological polar surface area (TPSA) is 33.7 Å². The molecule has 1 unspecified atom stereocenters. The summed E-state index contributed by atoms with van der Waals surface area (Å²) in [5.74, 6) is 1.70. The molecule has 21 heavy (non-hydrogen) atoms. The number of fused-ring (bicyclic) bond motifs is 1.